The predicted octanol–water partition coefficient (Wildman–Crippen LogP) is 1.70. The van der Waals surface area contributed by atoms with E-state index in [9.17, 15) is 17.2 Å². The lowest BCUT2D eigenvalue weighted by Gasteiger charge is -2.11. The summed E-state index contributed by atoms with van der Waals surface area (Å²) in [4.78, 5) is 0.0304. The third-order valence-electron chi connectivity index (χ3n) is 2.93. The first-order chi connectivity index (χ1) is 8.78. The highest BCUT2D eigenvalue weighted by atomic mass is 32.2. The Morgan fingerprint density at radius 2 is 2.00 bits per heavy atom. The molecule has 1 heterocycles. The van der Waals surface area contributed by atoms with Crippen molar-refractivity contribution in [2.45, 2.75) is 30.2 Å². The molecular weight excluding hydrogens is 276 g/mol. The van der Waals surface area contributed by atoms with Gasteiger partial charge in [-0.15, -0.1) is 0 Å². The van der Waals surface area contributed by atoms with Crippen LogP contribution in [0.25, 0.3) is 0 Å². The summed E-state index contributed by atoms with van der Waals surface area (Å²) in [7, 11) is -3.89. The average molecular weight is 291 g/mol. The standard InChI is InChI=1S/C12H15F2NO3S/c1-9-2-4-11(5-3-9)19(16,17)18-7-10-6-12(13,14)8-15-10/h2-5,10,15H,6-8H2,1H3/t10-/m0/s1. The van der Waals surface area contributed by atoms with Crippen molar-refractivity contribution in [1.29, 1.82) is 0 Å². The van der Waals surface area contributed by atoms with Crippen LogP contribution in [0, 0.1) is 6.92 Å². The average Bonchev–Trinajstić information content (AvgIpc) is 2.67. The van der Waals surface area contributed by atoms with Crippen LogP contribution >= 0.6 is 0 Å². The molecule has 4 nitrogen and oxygen atoms in total. The Balaban J connectivity index is 1.97. The SMILES string of the molecule is Cc1ccc(S(=O)(=O)OC[C@@H]2CC(F)(F)CN2)cc1. The van der Waals surface area contributed by atoms with Gasteiger partial charge in [-0.05, 0) is 19.1 Å². The normalized spacial score (nSPS) is 22.6. The van der Waals surface area contributed by atoms with E-state index in [0.717, 1.165) is 5.56 Å². The number of nitrogens with one attached hydrogen (secondary N) is 1. The van der Waals surface area contributed by atoms with E-state index < -0.39 is 35.0 Å². The quantitative estimate of drug-likeness (QED) is 0.858. The summed E-state index contributed by atoms with van der Waals surface area (Å²) in [6.45, 7) is 1.11. The fraction of sp³-hybridized carbons (Fsp3) is 0.500. The number of alkyl halides is 2. The second-order valence-corrected chi connectivity index (χ2v) is 6.30. The summed E-state index contributed by atoms with van der Waals surface area (Å²) in [5, 5.41) is 2.54. The van der Waals surface area contributed by atoms with Crippen LogP contribution in [-0.2, 0) is 14.3 Å². The summed E-state index contributed by atoms with van der Waals surface area (Å²) in [6, 6.07) is 5.52. The lowest BCUT2D eigenvalue weighted by molar-refractivity contribution is 0.0196. The third-order valence-corrected chi connectivity index (χ3v) is 4.22. The van der Waals surface area contributed by atoms with Gasteiger partial charge in [0, 0.05) is 12.5 Å². The van der Waals surface area contributed by atoms with Crippen LogP contribution in [0.1, 0.15) is 12.0 Å². The van der Waals surface area contributed by atoms with Gasteiger partial charge in [0.25, 0.3) is 16.0 Å². The summed E-state index contributed by atoms with van der Waals surface area (Å²) in [6.07, 6.45) is -0.406. The van der Waals surface area contributed by atoms with E-state index in [1.807, 2.05) is 6.92 Å². The van der Waals surface area contributed by atoms with Crippen LogP contribution < -0.4 is 5.32 Å². The second-order valence-electron chi connectivity index (χ2n) is 4.69. The molecule has 0 radical (unpaired) electrons. The van der Waals surface area contributed by atoms with Crippen LogP contribution in [0.2, 0.25) is 0 Å². The highest BCUT2D eigenvalue weighted by Crippen LogP contribution is 2.25. The molecule has 0 aromatic heterocycles. The first kappa shape index (κ1) is 14.4. The maximum absolute atomic E-state index is 12.9. The van der Waals surface area contributed by atoms with Gasteiger partial charge in [-0.3, -0.25) is 4.18 Å². The van der Waals surface area contributed by atoms with Crippen molar-refractivity contribution in [3.8, 4) is 0 Å². The smallest absolute Gasteiger partial charge is 0.297 e. The Morgan fingerprint density at radius 3 is 2.53 bits per heavy atom. The van der Waals surface area contributed by atoms with Crippen molar-refractivity contribution in [2.75, 3.05) is 13.2 Å². The van der Waals surface area contributed by atoms with Crippen LogP contribution in [0.15, 0.2) is 29.2 Å². The topological polar surface area (TPSA) is 55.4 Å². The van der Waals surface area contributed by atoms with Crippen LogP contribution in [0.3, 0.4) is 0 Å². The molecule has 0 spiro atoms. The number of aryl methyl sites for hydroxylation is 1. The molecule has 1 fully saturated rings. The number of benzene rings is 1. The number of hydrogen-bond acceptors (Lipinski definition) is 4. The summed E-state index contributed by atoms with van der Waals surface area (Å²) in [5.41, 5.74) is 0.927. The molecule has 2 rings (SSSR count). The number of halogens is 2. The van der Waals surface area contributed by atoms with Crippen molar-refractivity contribution < 1.29 is 21.4 Å². The van der Waals surface area contributed by atoms with E-state index in [1.165, 1.54) is 12.1 Å². The molecule has 19 heavy (non-hydrogen) atoms. The molecule has 1 aliphatic heterocycles. The fourth-order valence-corrected chi connectivity index (χ4v) is 2.81. The Kier molecular flexibility index (Phi) is 3.89. The molecule has 1 aliphatic rings. The van der Waals surface area contributed by atoms with Gasteiger partial charge < -0.3 is 5.32 Å². The molecule has 1 aromatic rings. The molecule has 1 atom stereocenters. The fourth-order valence-electron chi connectivity index (χ4n) is 1.86. The highest BCUT2D eigenvalue weighted by Gasteiger charge is 2.39. The molecule has 7 heteroatoms. The first-order valence-electron chi connectivity index (χ1n) is 5.86. The predicted molar refractivity (Wildman–Crippen MR) is 65.7 cm³/mol. The zero-order chi connectivity index (χ0) is 14.1. The van der Waals surface area contributed by atoms with Gasteiger partial charge in [0.05, 0.1) is 18.0 Å². The molecular formula is C12H15F2NO3S. The van der Waals surface area contributed by atoms with Crippen LogP contribution in [0.4, 0.5) is 8.78 Å². The molecule has 1 saturated heterocycles. The molecule has 0 saturated carbocycles. The Bertz CT molecular complexity index is 543. The highest BCUT2D eigenvalue weighted by molar-refractivity contribution is 7.86. The van der Waals surface area contributed by atoms with E-state index in [-0.39, 0.29) is 11.5 Å². The summed E-state index contributed by atoms with van der Waals surface area (Å²) >= 11 is 0. The number of hydrogen-bond donors (Lipinski definition) is 1. The lowest BCUT2D eigenvalue weighted by atomic mass is 10.2. The molecule has 1 aromatic carbocycles. The van der Waals surface area contributed by atoms with E-state index in [2.05, 4.69) is 5.32 Å². The van der Waals surface area contributed by atoms with Crippen molar-refractivity contribution in [3.05, 3.63) is 29.8 Å². The summed E-state index contributed by atoms with van der Waals surface area (Å²) in [5.74, 6) is -2.79. The monoisotopic (exact) mass is 291 g/mol. The van der Waals surface area contributed by atoms with Gasteiger partial charge in [-0.1, -0.05) is 17.7 Å². The molecule has 0 bridgehead atoms. The lowest BCUT2D eigenvalue weighted by Crippen LogP contribution is -2.28. The van der Waals surface area contributed by atoms with E-state index >= 15 is 0 Å². The number of rotatable bonds is 4. The minimum Gasteiger partial charge on any atom is -0.306 e. The molecule has 106 valence electrons. The second kappa shape index (κ2) is 5.15. The van der Waals surface area contributed by atoms with Gasteiger partial charge in [-0.2, -0.15) is 8.42 Å². The molecule has 1 N–H and O–H groups in total. The Labute approximate surface area is 110 Å². The van der Waals surface area contributed by atoms with E-state index in [4.69, 9.17) is 4.18 Å². The van der Waals surface area contributed by atoms with Crippen molar-refractivity contribution >= 4 is 10.1 Å². The Morgan fingerprint density at radius 1 is 1.37 bits per heavy atom. The maximum atomic E-state index is 12.9. The van der Waals surface area contributed by atoms with Crippen molar-refractivity contribution in [1.82, 2.24) is 5.32 Å². The zero-order valence-corrected chi connectivity index (χ0v) is 11.2. The van der Waals surface area contributed by atoms with Crippen LogP contribution in [0.5, 0.6) is 0 Å². The van der Waals surface area contributed by atoms with Gasteiger partial charge >= 0.3 is 0 Å². The largest absolute Gasteiger partial charge is 0.306 e. The zero-order valence-electron chi connectivity index (χ0n) is 10.4. The molecule has 0 aliphatic carbocycles. The molecule has 0 unspecified atom stereocenters. The Hall–Kier alpha value is -1.05. The third kappa shape index (κ3) is 3.71. The van der Waals surface area contributed by atoms with Gasteiger partial charge in [0.2, 0.25) is 0 Å². The van der Waals surface area contributed by atoms with E-state index in [1.54, 1.807) is 12.1 Å². The van der Waals surface area contributed by atoms with E-state index in [0.29, 0.717) is 0 Å². The first-order valence-corrected chi connectivity index (χ1v) is 7.27. The van der Waals surface area contributed by atoms with Crippen molar-refractivity contribution in [2.24, 2.45) is 0 Å². The molecule has 0 amide bonds. The van der Waals surface area contributed by atoms with Crippen molar-refractivity contribution in [3.63, 3.8) is 0 Å². The van der Waals surface area contributed by atoms with Gasteiger partial charge in [0.15, 0.2) is 0 Å². The minimum atomic E-state index is -3.89. The minimum absolute atomic E-state index is 0.0304. The summed E-state index contributed by atoms with van der Waals surface area (Å²) < 4.78 is 54.3. The van der Waals surface area contributed by atoms with Gasteiger partial charge in [0.1, 0.15) is 0 Å². The van der Waals surface area contributed by atoms with Gasteiger partial charge in [-0.25, -0.2) is 8.78 Å². The van der Waals surface area contributed by atoms with Crippen LogP contribution in [-0.4, -0.2) is 33.5 Å². The maximum Gasteiger partial charge on any atom is 0.297 e.